The first-order valence-corrected chi connectivity index (χ1v) is 8.47. The number of carbonyl (C=O) groups is 2. The number of hydrogen-bond acceptors (Lipinski definition) is 4. The van der Waals surface area contributed by atoms with Crippen molar-refractivity contribution >= 4 is 11.9 Å². The highest BCUT2D eigenvalue weighted by atomic mass is 16.5. The van der Waals surface area contributed by atoms with Crippen LogP contribution in [0.3, 0.4) is 0 Å². The van der Waals surface area contributed by atoms with Gasteiger partial charge in [0.1, 0.15) is 6.10 Å². The van der Waals surface area contributed by atoms with Crippen LogP contribution < -0.4 is 0 Å². The Bertz CT molecular complexity index is 350. The predicted octanol–water partition coefficient (Wildman–Crippen LogP) is 3.62. The molecule has 2 aliphatic rings. The second-order valence-corrected chi connectivity index (χ2v) is 6.73. The van der Waals surface area contributed by atoms with Crippen molar-refractivity contribution in [2.75, 3.05) is 0 Å². The van der Waals surface area contributed by atoms with Crippen molar-refractivity contribution in [2.45, 2.75) is 83.8 Å². The van der Waals surface area contributed by atoms with E-state index in [0.717, 1.165) is 38.5 Å². The molecule has 0 unspecified atom stereocenters. The van der Waals surface area contributed by atoms with Crippen LogP contribution in [0.4, 0.5) is 0 Å². The van der Waals surface area contributed by atoms with Crippen molar-refractivity contribution in [3.05, 3.63) is 0 Å². The lowest BCUT2D eigenvalue weighted by atomic mass is 9.82. The van der Waals surface area contributed by atoms with Gasteiger partial charge >= 0.3 is 11.9 Å². The second kappa shape index (κ2) is 7.81. The average Bonchev–Trinajstić information content (AvgIpc) is 2.47. The van der Waals surface area contributed by atoms with Gasteiger partial charge in [-0.2, -0.15) is 0 Å². The molecule has 2 aliphatic carbocycles. The van der Waals surface area contributed by atoms with Gasteiger partial charge in [-0.1, -0.05) is 6.42 Å². The molecule has 120 valence electrons. The molecule has 21 heavy (non-hydrogen) atoms. The van der Waals surface area contributed by atoms with E-state index in [9.17, 15) is 9.59 Å². The van der Waals surface area contributed by atoms with E-state index >= 15 is 0 Å². The Morgan fingerprint density at radius 3 is 1.86 bits per heavy atom. The first-order chi connectivity index (χ1) is 10.1. The van der Waals surface area contributed by atoms with E-state index in [-0.39, 0.29) is 36.0 Å². The second-order valence-electron chi connectivity index (χ2n) is 6.73. The van der Waals surface area contributed by atoms with Crippen LogP contribution in [-0.2, 0) is 19.1 Å². The third kappa shape index (κ3) is 5.01. The summed E-state index contributed by atoms with van der Waals surface area (Å²) in [5.41, 5.74) is 0. The zero-order chi connectivity index (χ0) is 15.2. The van der Waals surface area contributed by atoms with Crippen molar-refractivity contribution in [2.24, 2.45) is 11.8 Å². The van der Waals surface area contributed by atoms with Gasteiger partial charge in [0.25, 0.3) is 0 Å². The Labute approximate surface area is 127 Å². The minimum Gasteiger partial charge on any atom is -0.463 e. The topological polar surface area (TPSA) is 52.6 Å². The molecule has 0 spiro atoms. The van der Waals surface area contributed by atoms with Gasteiger partial charge in [-0.15, -0.1) is 0 Å². The van der Waals surface area contributed by atoms with Crippen LogP contribution in [0.15, 0.2) is 0 Å². The summed E-state index contributed by atoms with van der Waals surface area (Å²) in [6.07, 6.45) is 8.71. The molecule has 2 rings (SSSR count). The maximum atomic E-state index is 12.2. The molecule has 2 saturated carbocycles. The Morgan fingerprint density at radius 1 is 0.810 bits per heavy atom. The van der Waals surface area contributed by atoms with Gasteiger partial charge < -0.3 is 9.47 Å². The SMILES string of the molecule is CC(C)OC(=O)C1CCC(C(=O)OC2CCCCC2)CC1. The number of carbonyl (C=O) groups excluding carboxylic acids is 2. The molecule has 0 aromatic rings. The highest BCUT2D eigenvalue weighted by molar-refractivity contribution is 5.75. The van der Waals surface area contributed by atoms with E-state index in [0.29, 0.717) is 0 Å². The first kappa shape index (κ1) is 16.3. The van der Waals surface area contributed by atoms with Gasteiger partial charge in [0, 0.05) is 0 Å². The molecule has 0 saturated heterocycles. The van der Waals surface area contributed by atoms with Crippen LogP contribution in [0.25, 0.3) is 0 Å². The molecule has 0 heterocycles. The highest BCUT2D eigenvalue weighted by Crippen LogP contribution is 2.32. The molecule has 0 bridgehead atoms. The third-order valence-electron chi connectivity index (χ3n) is 4.58. The zero-order valence-electron chi connectivity index (χ0n) is 13.3. The summed E-state index contributed by atoms with van der Waals surface area (Å²) in [5.74, 6) is -0.206. The van der Waals surface area contributed by atoms with Crippen molar-refractivity contribution in [1.29, 1.82) is 0 Å². The van der Waals surface area contributed by atoms with Gasteiger partial charge in [-0.05, 0) is 65.2 Å². The molecule has 2 fully saturated rings. The van der Waals surface area contributed by atoms with Gasteiger partial charge in [0.2, 0.25) is 0 Å². The molecule has 0 atom stereocenters. The highest BCUT2D eigenvalue weighted by Gasteiger charge is 2.33. The van der Waals surface area contributed by atoms with E-state index in [2.05, 4.69) is 0 Å². The molecule has 0 aromatic carbocycles. The van der Waals surface area contributed by atoms with E-state index in [4.69, 9.17) is 9.47 Å². The number of rotatable bonds is 4. The van der Waals surface area contributed by atoms with Crippen LogP contribution in [0, 0.1) is 11.8 Å². The standard InChI is InChI=1S/C17H28O4/c1-12(2)20-16(18)13-8-10-14(11-9-13)17(19)21-15-6-4-3-5-7-15/h12-15H,3-11H2,1-2H3. The molecule has 0 aliphatic heterocycles. The van der Waals surface area contributed by atoms with E-state index < -0.39 is 0 Å². The van der Waals surface area contributed by atoms with Crippen molar-refractivity contribution in [3.8, 4) is 0 Å². The minimum absolute atomic E-state index is 0.0185. The molecule has 0 aromatic heterocycles. The monoisotopic (exact) mass is 296 g/mol. The molecular weight excluding hydrogens is 268 g/mol. The molecule has 4 nitrogen and oxygen atoms in total. The van der Waals surface area contributed by atoms with E-state index in [1.165, 1.54) is 19.3 Å². The van der Waals surface area contributed by atoms with Crippen LogP contribution in [0.5, 0.6) is 0 Å². The Morgan fingerprint density at radius 2 is 1.33 bits per heavy atom. The normalized spacial score (nSPS) is 27.4. The van der Waals surface area contributed by atoms with Crippen LogP contribution >= 0.6 is 0 Å². The van der Waals surface area contributed by atoms with E-state index in [1.54, 1.807) is 0 Å². The third-order valence-corrected chi connectivity index (χ3v) is 4.58. The summed E-state index contributed by atoms with van der Waals surface area (Å²) in [7, 11) is 0. The van der Waals surface area contributed by atoms with Gasteiger partial charge in [-0.3, -0.25) is 9.59 Å². The Kier molecular flexibility index (Phi) is 6.07. The fourth-order valence-corrected chi connectivity index (χ4v) is 3.34. The molecule has 0 radical (unpaired) electrons. The van der Waals surface area contributed by atoms with Gasteiger partial charge in [-0.25, -0.2) is 0 Å². The summed E-state index contributed by atoms with van der Waals surface area (Å²) in [6.45, 7) is 3.73. The first-order valence-electron chi connectivity index (χ1n) is 8.47. The van der Waals surface area contributed by atoms with Gasteiger partial charge in [0.15, 0.2) is 0 Å². The molecule has 0 N–H and O–H groups in total. The summed E-state index contributed by atoms with van der Waals surface area (Å²) in [6, 6.07) is 0. The fraction of sp³-hybridized carbons (Fsp3) is 0.882. The summed E-state index contributed by atoms with van der Waals surface area (Å²) in [4.78, 5) is 24.0. The number of esters is 2. The van der Waals surface area contributed by atoms with Crippen molar-refractivity contribution in [1.82, 2.24) is 0 Å². The van der Waals surface area contributed by atoms with Crippen molar-refractivity contribution in [3.63, 3.8) is 0 Å². The summed E-state index contributed by atoms with van der Waals surface area (Å²) < 4.78 is 10.9. The molecule has 4 heteroatoms. The molecular formula is C17H28O4. The fourth-order valence-electron chi connectivity index (χ4n) is 3.34. The molecule has 0 amide bonds. The smallest absolute Gasteiger partial charge is 0.309 e. The van der Waals surface area contributed by atoms with Crippen LogP contribution in [-0.4, -0.2) is 24.1 Å². The van der Waals surface area contributed by atoms with Crippen LogP contribution in [0.2, 0.25) is 0 Å². The van der Waals surface area contributed by atoms with Crippen LogP contribution in [0.1, 0.15) is 71.6 Å². The zero-order valence-corrected chi connectivity index (χ0v) is 13.3. The Balaban J connectivity index is 1.72. The number of ether oxygens (including phenoxy) is 2. The Hall–Kier alpha value is -1.06. The van der Waals surface area contributed by atoms with E-state index in [1.807, 2.05) is 13.8 Å². The van der Waals surface area contributed by atoms with Gasteiger partial charge in [0.05, 0.1) is 17.9 Å². The summed E-state index contributed by atoms with van der Waals surface area (Å²) in [5, 5.41) is 0. The predicted molar refractivity (Wildman–Crippen MR) is 79.6 cm³/mol. The summed E-state index contributed by atoms with van der Waals surface area (Å²) >= 11 is 0. The maximum absolute atomic E-state index is 12.2. The largest absolute Gasteiger partial charge is 0.463 e. The lowest BCUT2D eigenvalue weighted by molar-refractivity contribution is -0.161. The number of hydrogen-bond donors (Lipinski definition) is 0. The average molecular weight is 296 g/mol. The van der Waals surface area contributed by atoms with Crippen molar-refractivity contribution < 1.29 is 19.1 Å². The minimum atomic E-state index is -0.107. The lowest BCUT2D eigenvalue weighted by Crippen LogP contribution is -2.31. The maximum Gasteiger partial charge on any atom is 0.309 e. The quantitative estimate of drug-likeness (QED) is 0.743. The lowest BCUT2D eigenvalue weighted by Gasteiger charge is -2.29.